The van der Waals surface area contributed by atoms with E-state index in [9.17, 15) is 0 Å². The van der Waals surface area contributed by atoms with Gasteiger partial charge in [-0.25, -0.2) is 0 Å². The first-order valence-corrected chi connectivity index (χ1v) is 6.48. The first kappa shape index (κ1) is 14.0. The summed E-state index contributed by atoms with van der Waals surface area (Å²) in [7, 11) is 1.71. The van der Waals surface area contributed by atoms with Gasteiger partial charge in [0.15, 0.2) is 0 Å². The Labute approximate surface area is 105 Å². The molecule has 0 saturated heterocycles. The minimum atomic E-state index is 0.573. The van der Waals surface area contributed by atoms with Crippen molar-refractivity contribution < 1.29 is 4.74 Å². The molecule has 1 atom stereocenters. The third-order valence-corrected chi connectivity index (χ3v) is 2.97. The molecular weight excluding hydrogens is 210 g/mol. The molecule has 0 heterocycles. The fourth-order valence-corrected chi connectivity index (χ4v) is 1.76. The summed E-state index contributed by atoms with van der Waals surface area (Å²) in [6.45, 7) is 7.71. The highest BCUT2D eigenvalue weighted by Crippen LogP contribution is 2.13. The maximum absolute atomic E-state index is 5.21. The normalized spacial score (nSPS) is 12.8. The lowest BCUT2D eigenvalue weighted by Crippen LogP contribution is -2.25. The molecule has 1 N–H and O–H groups in total. The first-order valence-electron chi connectivity index (χ1n) is 6.48. The molecule has 0 amide bonds. The van der Waals surface area contributed by atoms with Crippen LogP contribution >= 0.6 is 0 Å². The van der Waals surface area contributed by atoms with E-state index in [1.54, 1.807) is 7.11 Å². The van der Waals surface area contributed by atoms with Crippen LogP contribution in [0.4, 0.5) is 0 Å². The van der Waals surface area contributed by atoms with Gasteiger partial charge in [-0.1, -0.05) is 26.0 Å². The molecule has 0 aliphatic rings. The minimum Gasteiger partial charge on any atom is -0.497 e. The molecule has 96 valence electrons. The van der Waals surface area contributed by atoms with E-state index < -0.39 is 0 Å². The maximum atomic E-state index is 5.21. The van der Waals surface area contributed by atoms with Gasteiger partial charge in [-0.15, -0.1) is 0 Å². The molecule has 1 aromatic rings. The number of methoxy groups -OCH3 is 1. The van der Waals surface area contributed by atoms with Gasteiger partial charge in [0.2, 0.25) is 0 Å². The van der Waals surface area contributed by atoms with Gasteiger partial charge in [0, 0.05) is 12.6 Å². The lowest BCUT2D eigenvalue weighted by molar-refractivity contribution is 0.413. The van der Waals surface area contributed by atoms with Crippen LogP contribution in [0.15, 0.2) is 24.3 Å². The van der Waals surface area contributed by atoms with Gasteiger partial charge >= 0.3 is 0 Å². The zero-order valence-electron chi connectivity index (χ0n) is 11.5. The van der Waals surface area contributed by atoms with Crippen LogP contribution in [0, 0.1) is 5.92 Å². The van der Waals surface area contributed by atoms with Gasteiger partial charge < -0.3 is 10.1 Å². The van der Waals surface area contributed by atoms with Crippen molar-refractivity contribution in [2.75, 3.05) is 7.11 Å². The van der Waals surface area contributed by atoms with E-state index >= 15 is 0 Å². The Hall–Kier alpha value is -1.02. The van der Waals surface area contributed by atoms with Crippen molar-refractivity contribution >= 4 is 0 Å². The Morgan fingerprint density at radius 1 is 1.18 bits per heavy atom. The van der Waals surface area contributed by atoms with Crippen molar-refractivity contribution in [1.82, 2.24) is 5.32 Å². The third-order valence-electron chi connectivity index (χ3n) is 2.97. The molecule has 2 nitrogen and oxygen atoms in total. The zero-order chi connectivity index (χ0) is 12.7. The predicted octanol–water partition coefficient (Wildman–Crippen LogP) is 3.61. The molecule has 1 unspecified atom stereocenters. The topological polar surface area (TPSA) is 21.3 Å². The van der Waals surface area contributed by atoms with Gasteiger partial charge in [-0.2, -0.15) is 0 Å². The van der Waals surface area contributed by atoms with Crippen LogP contribution < -0.4 is 10.1 Å². The summed E-state index contributed by atoms with van der Waals surface area (Å²) in [6, 6.07) is 8.80. The van der Waals surface area contributed by atoms with Crippen molar-refractivity contribution in [1.29, 1.82) is 0 Å². The van der Waals surface area contributed by atoms with Crippen molar-refractivity contribution in [3.63, 3.8) is 0 Å². The smallest absolute Gasteiger partial charge is 0.119 e. The second kappa shape index (κ2) is 7.33. The number of hydrogen-bond acceptors (Lipinski definition) is 2. The summed E-state index contributed by atoms with van der Waals surface area (Å²) in [5.41, 5.74) is 1.28. The Bertz CT molecular complexity index is 322. The largest absolute Gasteiger partial charge is 0.497 e. The summed E-state index contributed by atoms with van der Waals surface area (Å²) < 4.78 is 5.21. The number of hydrogen-bond donors (Lipinski definition) is 1. The van der Waals surface area contributed by atoms with Gasteiger partial charge in [-0.05, 0) is 43.4 Å². The predicted molar refractivity (Wildman–Crippen MR) is 73.4 cm³/mol. The Morgan fingerprint density at radius 3 is 2.59 bits per heavy atom. The highest BCUT2D eigenvalue weighted by Gasteiger charge is 2.03. The molecule has 1 rings (SSSR count). The van der Waals surface area contributed by atoms with Crippen LogP contribution in [0.25, 0.3) is 0 Å². The molecule has 0 aromatic heterocycles. The molecular formula is C15H25NO. The molecule has 0 spiro atoms. The summed E-state index contributed by atoms with van der Waals surface area (Å²) in [5, 5.41) is 3.55. The summed E-state index contributed by atoms with van der Waals surface area (Å²) in [5.74, 6) is 1.72. The highest BCUT2D eigenvalue weighted by molar-refractivity contribution is 5.28. The molecule has 17 heavy (non-hydrogen) atoms. The zero-order valence-corrected chi connectivity index (χ0v) is 11.5. The van der Waals surface area contributed by atoms with E-state index in [1.807, 2.05) is 12.1 Å². The third kappa shape index (κ3) is 5.73. The fraction of sp³-hybridized carbons (Fsp3) is 0.600. The molecule has 0 aliphatic carbocycles. The molecule has 0 aliphatic heterocycles. The average Bonchev–Trinajstić information content (AvgIpc) is 2.34. The molecule has 0 bridgehead atoms. The number of rotatable bonds is 7. The number of ether oxygens (including phenoxy) is 1. The fourth-order valence-electron chi connectivity index (χ4n) is 1.76. The second-order valence-electron chi connectivity index (χ2n) is 5.10. The van der Waals surface area contributed by atoms with E-state index in [4.69, 9.17) is 4.74 Å². The van der Waals surface area contributed by atoms with Crippen molar-refractivity contribution in [2.24, 2.45) is 5.92 Å². The monoisotopic (exact) mass is 235 g/mol. The maximum Gasteiger partial charge on any atom is 0.119 e. The van der Waals surface area contributed by atoms with E-state index in [-0.39, 0.29) is 0 Å². The number of nitrogens with one attached hydrogen (secondary N) is 1. The van der Waals surface area contributed by atoms with Crippen LogP contribution in [0.1, 0.15) is 39.2 Å². The lowest BCUT2D eigenvalue weighted by atomic mass is 10.0. The molecule has 1 aromatic carbocycles. The summed E-state index contributed by atoms with van der Waals surface area (Å²) in [6.07, 6.45) is 2.52. The van der Waals surface area contributed by atoms with Gasteiger partial charge in [0.05, 0.1) is 7.11 Å². The molecule has 2 heteroatoms. The average molecular weight is 235 g/mol. The Morgan fingerprint density at radius 2 is 1.94 bits per heavy atom. The molecule has 0 fully saturated rings. The van der Waals surface area contributed by atoms with E-state index in [0.29, 0.717) is 6.04 Å². The Kier molecular flexibility index (Phi) is 6.06. The van der Waals surface area contributed by atoms with Gasteiger partial charge in [0.25, 0.3) is 0 Å². The standard InChI is InChI=1S/C15H25NO/c1-12(2)8-9-13(3)16-11-14-6-5-7-15(10-14)17-4/h5-7,10,12-13,16H,8-9,11H2,1-4H3. The lowest BCUT2D eigenvalue weighted by Gasteiger charge is -2.15. The summed E-state index contributed by atoms with van der Waals surface area (Å²) in [4.78, 5) is 0. The molecule has 0 radical (unpaired) electrons. The minimum absolute atomic E-state index is 0.573. The van der Waals surface area contributed by atoms with E-state index in [2.05, 4.69) is 38.2 Å². The van der Waals surface area contributed by atoms with Crippen molar-refractivity contribution in [3.05, 3.63) is 29.8 Å². The van der Waals surface area contributed by atoms with Crippen LogP contribution in [-0.2, 0) is 6.54 Å². The SMILES string of the molecule is COc1cccc(CNC(C)CCC(C)C)c1. The molecule has 0 saturated carbocycles. The number of benzene rings is 1. The Balaban J connectivity index is 2.33. The van der Waals surface area contributed by atoms with Crippen LogP contribution in [0.3, 0.4) is 0 Å². The van der Waals surface area contributed by atoms with Gasteiger partial charge in [-0.3, -0.25) is 0 Å². The first-order chi connectivity index (χ1) is 8.11. The quantitative estimate of drug-likeness (QED) is 0.779. The van der Waals surface area contributed by atoms with Crippen molar-refractivity contribution in [3.8, 4) is 5.75 Å². The second-order valence-corrected chi connectivity index (χ2v) is 5.10. The van der Waals surface area contributed by atoms with Crippen LogP contribution in [-0.4, -0.2) is 13.2 Å². The van der Waals surface area contributed by atoms with Gasteiger partial charge in [0.1, 0.15) is 5.75 Å². The van der Waals surface area contributed by atoms with Crippen LogP contribution in [0.5, 0.6) is 5.75 Å². The van der Waals surface area contributed by atoms with Crippen LogP contribution in [0.2, 0.25) is 0 Å². The van der Waals surface area contributed by atoms with Crippen molar-refractivity contribution in [2.45, 2.75) is 46.2 Å². The van der Waals surface area contributed by atoms with E-state index in [1.165, 1.54) is 18.4 Å². The summed E-state index contributed by atoms with van der Waals surface area (Å²) >= 11 is 0. The highest BCUT2D eigenvalue weighted by atomic mass is 16.5. The van der Waals surface area contributed by atoms with E-state index in [0.717, 1.165) is 18.2 Å².